The summed E-state index contributed by atoms with van der Waals surface area (Å²) >= 11 is 1.26. The fraction of sp³-hybridized carbons (Fsp3) is 0.500. The maximum Gasteiger partial charge on any atom is 0.335 e. The Morgan fingerprint density at radius 3 is 2.51 bits per heavy atom. The van der Waals surface area contributed by atoms with Gasteiger partial charge in [0.1, 0.15) is 6.61 Å². The molecule has 2 atom stereocenters. The maximum atomic E-state index is 11.4. The summed E-state index contributed by atoms with van der Waals surface area (Å²) < 4.78 is 15.7. The molecule has 8 nitrogen and oxygen atoms in total. The van der Waals surface area contributed by atoms with E-state index in [9.17, 15) is 9.90 Å². The number of aromatic carboxylic acids is 1. The van der Waals surface area contributed by atoms with E-state index in [1.54, 1.807) is 18.2 Å². The third-order valence-corrected chi connectivity index (χ3v) is 8.41. The molecule has 3 N–H and O–H groups in total. The van der Waals surface area contributed by atoms with E-state index in [0.29, 0.717) is 24.4 Å². The molecule has 1 aliphatic heterocycles. The number of rotatable bonds is 12. The van der Waals surface area contributed by atoms with Crippen molar-refractivity contribution < 1.29 is 19.4 Å². The smallest absolute Gasteiger partial charge is 0.335 e. The highest BCUT2D eigenvalue weighted by molar-refractivity contribution is 8.00. The molecule has 0 radical (unpaired) electrons. The Balaban J connectivity index is 1.53. The second-order valence-corrected chi connectivity index (χ2v) is 14.3. The molecular formula is C34H46N4O4S. The van der Waals surface area contributed by atoms with E-state index in [0.717, 1.165) is 59.7 Å². The molecule has 2 unspecified atom stereocenters. The minimum atomic E-state index is -0.968. The SMILES string of the molecule is Cc1cccc(C)c1-c1cc(OCC(CC(C)(C)C)NCC2CCC(C)(C)OC2)nc(NSc2cccc(C(=O)O)c2)n1. The molecule has 0 spiro atoms. The van der Waals surface area contributed by atoms with Gasteiger partial charge in [0.2, 0.25) is 11.8 Å². The third-order valence-electron chi connectivity index (χ3n) is 7.63. The fourth-order valence-electron chi connectivity index (χ4n) is 5.35. The quantitative estimate of drug-likeness (QED) is 0.180. The Kier molecular flexibility index (Phi) is 10.7. The molecular weight excluding hydrogens is 560 g/mol. The Morgan fingerprint density at radius 2 is 1.86 bits per heavy atom. The minimum Gasteiger partial charge on any atom is -0.478 e. The predicted octanol–water partition coefficient (Wildman–Crippen LogP) is 7.56. The van der Waals surface area contributed by atoms with Crippen molar-refractivity contribution in [1.82, 2.24) is 15.3 Å². The number of benzene rings is 2. The molecule has 1 fully saturated rings. The van der Waals surface area contributed by atoms with E-state index in [1.807, 2.05) is 18.2 Å². The average Bonchev–Trinajstić information content (AvgIpc) is 2.93. The van der Waals surface area contributed by atoms with E-state index in [2.05, 4.69) is 70.6 Å². The first-order valence-corrected chi connectivity index (χ1v) is 15.8. The van der Waals surface area contributed by atoms with Crippen LogP contribution in [0, 0.1) is 25.2 Å². The van der Waals surface area contributed by atoms with Gasteiger partial charge >= 0.3 is 5.97 Å². The Morgan fingerprint density at radius 1 is 1.14 bits per heavy atom. The summed E-state index contributed by atoms with van der Waals surface area (Å²) in [6, 6.07) is 15.0. The van der Waals surface area contributed by atoms with E-state index < -0.39 is 5.97 Å². The molecule has 1 saturated heterocycles. The Labute approximate surface area is 260 Å². The summed E-state index contributed by atoms with van der Waals surface area (Å²) in [5, 5.41) is 13.1. The standard InChI is InChI=1S/C34H46N4O4S/c1-22-10-8-11-23(2)30(22)28-17-29(37-32(36-28)38-43-27-13-9-12-25(16-27)31(39)40)41-21-26(18-33(3,4)5)35-19-24-14-15-34(6,7)42-20-24/h8-13,16-17,24,26,35H,14-15,18-21H2,1-7H3,(H,39,40)(H,36,37,38). The lowest BCUT2D eigenvalue weighted by Crippen LogP contribution is -2.43. The summed E-state index contributed by atoms with van der Waals surface area (Å²) in [5.41, 5.74) is 4.35. The van der Waals surface area contributed by atoms with Gasteiger partial charge in [-0.25, -0.2) is 9.78 Å². The molecule has 2 aromatic carbocycles. The van der Waals surface area contributed by atoms with Gasteiger partial charge in [-0.1, -0.05) is 45.0 Å². The number of hydrogen-bond donors (Lipinski definition) is 3. The summed E-state index contributed by atoms with van der Waals surface area (Å²) in [5.74, 6) is 0.393. The molecule has 2 heterocycles. The summed E-state index contributed by atoms with van der Waals surface area (Å²) in [7, 11) is 0. The topological polar surface area (TPSA) is 106 Å². The fourth-order valence-corrected chi connectivity index (χ4v) is 5.98. The molecule has 232 valence electrons. The molecule has 3 aromatic rings. The lowest BCUT2D eigenvalue weighted by Gasteiger charge is -2.36. The van der Waals surface area contributed by atoms with Crippen LogP contribution in [0.2, 0.25) is 0 Å². The first kappa shape index (κ1) is 32.8. The van der Waals surface area contributed by atoms with Crippen molar-refractivity contribution in [2.45, 2.75) is 84.3 Å². The highest BCUT2D eigenvalue weighted by atomic mass is 32.2. The highest BCUT2D eigenvalue weighted by Gasteiger charge is 2.28. The van der Waals surface area contributed by atoms with Crippen molar-refractivity contribution in [3.63, 3.8) is 0 Å². The van der Waals surface area contributed by atoms with Gasteiger partial charge in [0.15, 0.2) is 0 Å². The molecule has 1 aliphatic rings. The number of carboxylic acid groups (broad SMARTS) is 1. The van der Waals surface area contributed by atoms with E-state index in [4.69, 9.17) is 19.4 Å². The van der Waals surface area contributed by atoms with Crippen LogP contribution in [0.4, 0.5) is 5.95 Å². The predicted molar refractivity (Wildman–Crippen MR) is 174 cm³/mol. The molecule has 0 bridgehead atoms. The van der Waals surface area contributed by atoms with Crippen LogP contribution in [-0.2, 0) is 4.74 Å². The van der Waals surface area contributed by atoms with Crippen LogP contribution >= 0.6 is 11.9 Å². The van der Waals surface area contributed by atoms with Gasteiger partial charge in [-0.15, -0.1) is 0 Å². The molecule has 0 saturated carbocycles. The Bertz CT molecular complexity index is 1380. The van der Waals surface area contributed by atoms with Crippen LogP contribution in [0.25, 0.3) is 11.3 Å². The zero-order valence-corrected chi connectivity index (χ0v) is 27.3. The van der Waals surface area contributed by atoms with Crippen molar-refractivity contribution in [3.8, 4) is 17.1 Å². The summed E-state index contributed by atoms with van der Waals surface area (Å²) in [6.07, 6.45) is 3.16. The van der Waals surface area contributed by atoms with Gasteiger partial charge in [-0.05, 0) is 99.6 Å². The van der Waals surface area contributed by atoms with Crippen molar-refractivity contribution in [1.29, 1.82) is 0 Å². The zero-order chi connectivity index (χ0) is 31.2. The van der Waals surface area contributed by atoms with Gasteiger partial charge in [-0.3, -0.25) is 4.72 Å². The van der Waals surface area contributed by atoms with Crippen molar-refractivity contribution >= 4 is 23.9 Å². The zero-order valence-electron chi connectivity index (χ0n) is 26.5. The number of carbonyl (C=O) groups is 1. The highest BCUT2D eigenvalue weighted by Crippen LogP contribution is 2.31. The number of aryl methyl sites for hydroxylation is 2. The van der Waals surface area contributed by atoms with E-state index in [-0.39, 0.29) is 22.6 Å². The monoisotopic (exact) mass is 606 g/mol. The van der Waals surface area contributed by atoms with Gasteiger partial charge in [-0.2, -0.15) is 4.98 Å². The van der Waals surface area contributed by atoms with Crippen molar-refractivity contribution in [2.75, 3.05) is 24.5 Å². The number of carboxylic acids is 1. The van der Waals surface area contributed by atoms with Gasteiger partial charge < -0.3 is 19.9 Å². The second-order valence-electron chi connectivity index (χ2n) is 13.4. The van der Waals surface area contributed by atoms with Crippen LogP contribution < -0.4 is 14.8 Å². The molecule has 0 amide bonds. The largest absolute Gasteiger partial charge is 0.478 e. The number of hydrogen-bond acceptors (Lipinski definition) is 8. The summed E-state index contributed by atoms with van der Waals surface area (Å²) in [6.45, 7) is 17.3. The van der Waals surface area contributed by atoms with Gasteiger partial charge in [0, 0.05) is 29.1 Å². The number of ether oxygens (including phenoxy) is 2. The van der Waals surface area contributed by atoms with Crippen LogP contribution in [0.5, 0.6) is 5.88 Å². The lowest BCUT2D eigenvalue weighted by molar-refractivity contribution is -0.0764. The lowest BCUT2D eigenvalue weighted by atomic mass is 9.87. The van der Waals surface area contributed by atoms with Gasteiger partial charge in [0.25, 0.3) is 0 Å². The van der Waals surface area contributed by atoms with E-state index in [1.165, 1.54) is 11.9 Å². The number of nitrogens with one attached hydrogen (secondary N) is 2. The molecule has 43 heavy (non-hydrogen) atoms. The number of aromatic nitrogens is 2. The Hall–Kier alpha value is -3.14. The molecule has 9 heteroatoms. The first-order chi connectivity index (χ1) is 20.3. The maximum absolute atomic E-state index is 11.4. The molecule has 1 aromatic heterocycles. The molecule has 4 rings (SSSR count). The van der Waals surface area contributed by atoms with Crippen LogP contribution in [0.3, 0.4) is 0 Å². The average molecular weight is 607 g/mol. The van der Waals surface area contributed by atoms with E-state index >= 15 is 0 Å². The molecule has 0 aliphatic carbocycles. The van der Waals surface area contributed by atoms with Crippen LogP contribution in [0.1, 0.15) is 75.4 Å². The third kappa shape index (κ3) is 9.95. The van der Waals surface area contributed by atoms with Crippen LogP contribution in [-0.4, -0.2) is 52.4 Å². The van der Waals surface area contributed by atoms with Crippen molar-refractivity contribution in [2.24, 2.45) is 11.3 Å². The first-order valence-electron chi connectivity index (χ1n) is 15.0. The van der Waals surface area contributed by atoms with Crippen molar-refractivity contribution in [3.05, 3.63) is 65.2 Å². The number of nitrogens with zero attached hydrogens (tertiary/aromatic N) is 2. The number of anilines is 1. The van der Waals surface area contributed by atoms with Gasteiger partial charge in [0.05, 0.1) is 23.5 Å². The normalized spacial score (nSPS) is 17.3. The van der Waals surface area contributed by atoms with Crippen LogP contribution in [0.15, 0.2) is 53.4 Å². The summed E-state index contributed by atoms with van der Waals surface area (Å²) in [4.78, 5) is 21.7. The minimum absolute atomic E-state index is 0.0340. The second kappa shape index (κ2) is 14.1.